The molecule has 0 unspecified atom stereocenters. The molecule has 106 valence electrons. The second-order valence-corrected chi connectivity index (χ2v) is 6.26. The van der Waals surface area contributed by atoms with Crippen molar-refractivity contribution in [3.05, 3.63) is 4.80 Å². The maximum Gasteiger partial charge on any atom is 0.390 e. The van der Waals surface area contributed by atoms with Crippen LogP contribution in [0.2, 0.25) is 0 Å². The summed E-state index contributed by atoms with van der Waals surface area (Å²) >= 11 is 0. The molecular weight excluding hydrogens is 298 g/mol. The van der Waals surface area contributed by atoms with Gasteiger partial charge in [0.1, 0.15) is 0 Å². The lowest BCUT2D eigenvalue weighted by atomic mass is 10.6. The van der Waals surface area contributed by atoms with Crippen LogP contribution in [0, 0.1) is 0 Å². The first kappa shape index (κ1) is 17.4. The number of anilines is 1. The van der Waals surface area contributed by atoms with Crippen LogP contribution in [0.15, 0.2) is 0 Å². The van der Waals surface area contributed by atoms with Crippen LogP contribution in [-0.4, -0.2) is 49.7 Å². The van der Waals surface area contributed by atoms with E-state index in [1.54, 1.807) is 20.7 Å². The molecule has 0 spiro atoms. The normalized spacial score (nSPS) is 10.6. The second kappa shape index (κ2) is 7.79. The molecule has 0 saturated carbocycles. The zero-order chi connectivity index (χ0) is 14.3. The highest BCUT2D eigenvalue weighted by molar-refractivity contribution is 7.79. The summed E-state index contributed by atoms with van der Waals surface area (Å²) in [6.45, 7) is 6.38. The van der Waals surface area contributed by atoms with Gasteiger partial charge in [0.2, 0.25) is 10.4 Å². The molecule has 1 heterocycles. The van der Waals surface area contributed by atoms with Crippen molar-refractivity contribution in [3.8, 4) is 0 Å². The van der Waals surface area contributed by atoms with E-state index in [0.29, 0.717) is 0 Å². The molecule has 0 saturated heterocycles. The third kappa shape index (κ3) is 7.71. The van der Waals surface area contributed by atoms with Gasteiger partial charge in [-0.3, -0.25) is 9.13 Å². The van der Waals surface area contributed by atoms with Crippen molar-refractivity contribution >= 4 is 36.2 Å². The summed E-state index contributed by atoms with van der Waals surface area (Å²) in [5.41, 5.74) is 0. The molecule has 0 atom stereocenters. The summed E-state index contributed by atoms with van der Waals surface area (Å²) in [6, 6.07) is 0. The molecule has 0 aliphatic rings. The van der Waals surface area contributed by atoms with Gasteiger partial charge in [-0.1, -0.05) is 0 Å². The minimum Gasteiger partial charge on any atom is -0.726 e. The van der Waals surface area contributed by atoms with Gasteiger partial charge in [-0.25, -0.2) is 8.42 Å². The molecule has 1 N–H and O–H groups in total. The summed E-state index contributed by atoms with van der Waals surface area (Å²) < 4.78 is 34.9. The molecule has 0 fully saturated rings. The monoisotopic (exact) mass is 315 g/mol. The van der Waals surface area contributed by atoms with Crippen molar-refractivity contribution in [2.45, 2.75) is 13.8 Å². The van der Waals surface area contributed by atoms with Crippen LogP contribution in [0.4, 0.5) is 5.13 Å². The molecule has 1 rings (SSSR count). The topological polar surface area (TPSA) is 96.6 Å². The molecule has 1 aromatic heterocycles. The Balaban J connectivity index is 0.000000494. The zero-order valence-electron chi connectivity index (χ0n) is 10.7. The summed E-state index contributed by atoms with van der Waals surface area (Å²) in [5, 5.41) is 1.14. The van der Waals surface area contributed by atoms with E-state index in [9.17, 15) is 0 Å². The molecule has 0 bridgehead atoms. The zero-order valence-corrected chi connectivity index (χ0v) is 13.1. The first-order chi connectivity index (χ1) is 8.19. The molecule has 0 aliphatic heterocycles. The van der Waals surface area contributed by atoms with Gasteiger partial charge in [0, 0.05) is 28.4 Å². The smallest absolute Gasteiger partial charge is 0.390 e. The van der Waals surface area contributed by atoms with E-state index in [-0.39, 0.29) is 0 Å². The lowest BCUT2D eigenvalue weighted by Gasteiger charge is -2.12. The van der Waals surface area contributed by atoms with Gasteiger partial charge in [0.15, 0.2) is 0 Å². The van der Waals surface area contributed by atoms with Crippen LogP contribution in [0.5, 0.6) is 0 Å². The van der Waals surface area contributed by atoms with Crippen molar-refractivity contribution in [1.29, 1.82) is 0 Å². The lowest BCUT2D eigenvalue weighted by molar-refractivity contribution is 0.366. The lowest BCUT2D eigenvalue weighted by Crippen LogP contribution is -2.25. The van der Waals surface area contributed by atoms with E-state index in [0.717, 1.165) is 23.0 Å². The molecule has 0 aliphatic carbocycles. The van der Waals surface area contributed by atoms with Crippen LogP contribution in [-0.2, 0) is 10.4 Å². The Morgan fingerprint density at radius 2 is 1.78 bits per heavy atom. The van der Waals surface area contributed by atoms with Gasteiger partial charge in [-0.05, 0) is 24.2 Å². The van der Waals surface area contributed by atoms with Crippen molar-refractivity contribution < 1.29 is 17.5 Å². The van der Waals surface area contributed by atoms with Gasteiger partial charge in [-0.15, -0.1) is 0 Å². The molecule has 18 heavy (non-hydrogen) atoms. The molecule has 7 nitrogen and oxygen atoms in total. The Kier molecular flexibility index (Phi) is 7.55. The Morgan fingerprint density at radius 1 is 1.33 bits per heavy atom. The van der Waals surface area contributed by atoms with E-state index in [1.165, 1.54) is 0 Å². The third-order valence-electron chi connectivity index (χ3n) is 1.80. The largest absolute Gasteiger partial charge is 0.726 e. The molecule has 1 aromatic rings. The third-order valence-corrected chi connectivity index (χ3v) is 4.13. The van der Waals surface area contributed by atoms with Gasteiger partial charge in [0.25, 0.3) is 0 Å². The van der Waals surface area contributed by atoms with E-state index in [4.69, 9.17) is 17.5 Å². The molecule has 0 aromatic carbocycles. The average molecular weight is 315 g/mol. The summed E-state index contributed by atoms with van der Waals surface area (Å²) in [6.07, 6.45) is 0. The number of hydrogen-bond donors (Lipinski definition) is 1. The predicted octanol–water partition coefficient (Wildman–Crippen LogP) is 0.0872. The Bertz CT molecular complexity index is 504. The minimum atomic E-state index is -4.92. The summed E-state index contributed by atoms with van der Waals surface area (Å²) in [5.74, 6) is 0. The Hall–Kier alpha value is -0.550. The fraction of sp³-hybridized carbons (Fsp3) is 0.750. The fourth-order valence-electron chi connectivity index (χ4n) is 0.986. The van der Waals surface area contributed by atoms with Crippen molar-refractivity contribution in [2.24, 2.45) is 0 Å². The van der Waals surface area contributed by atoms with Crippen LogP contribution in [0.1, 0.15) is 13.8 Å². The summed E-state index contributed by atoms with van der Waals surface area (Å²) in [4.78, 5) is 7.90. The second-order valence-electron chi connectivity index (χ2n) is 3.34. The summed E-state index contributed by atoms with van der Waals surface area (Å²) in [7, 11) is 2.62. The van der Waals surface area contributed by atoms with Gasteiger partial charge >= 0.3 is 9.93 Å². The van der Waals surface area contributed by atoms with Gasteiger partial charge in [0.05, 0.1) is 14.1 Å². The van der Waals surface area contributed by atoms with Crippen molar-refractivity contribution in [3.63, 3.8) is 0 Å². The van der Waals surface area contributed by atoms with E-state index >= 15 is 0 Å². The van der Waals surface area contributed by atoms with E-state index < -0.39 is 10.4 Å². The number of nitrogens with zero attached hydrogens (tertiary/aromatic N) is 3. The molecule has 10 heteroatoms. The molecular formula is C8H17N3O4S3. The highest BCUT2D eigenvalue weighted by atomic mass is 32.9. The fourth-order valence-corrected chi connectivity index (χ4v) is 3.39. The van der Waals surface area contributed by atoms with Crippen LogP contribution >= 0.6 is 20.7 Å². The maximum atomic E-state index is 8.63. The quantitative estimate of drug-likeness (QED) is 0.367. The van der Waals surface area contributed by atoms with Crippen LogP contribution < -0.4 is 14.3 Å². The van der Waals surface area contributed by atoms with Crippen LogP contribution in [0.25, 0.3) is 0 Å². The first-order valence-corrected chi connectivity index (χ1v) is 8.61. The number of aromatic nitrogens is 1. The first-order valence-electron chi connectivity index (χ1n) is 5.09. The molecule has 0 radical (unpaired) electrons. The van der Waals surface area contributed by atoms with Gasteiger partial charge < -0.3 is 9.45 Å². The van der Waals surface area contributed by atoms with Crippen molar-refractivity contribution in [2.75, 3.05) is 32.1 Å². The van der Waals surface area contributed by atoms with E-state index in [2.05, 4.69) is 23.7 Å². The maximum absolute atomic E-state index is 8.63. The number of rotatable bonds is 3. The predicted molar refractivity (Wildman–Crippen MR) is 73.0 cm³/mol. The standard InChI is InChI=1S/C8H16N3S2.H2O4S/c1-5-11(6-2)8-9-7(10(3)4)12-13-8;1-5(2,3)4/h5-6H2,1-4H3;(H2,1,2,3,4)/q+1;/p-1. The highest BCUT2D eigenvalue weighted by Crippen LogP contribution is 2.17. The Labute approximate surface area is 114 Å². The average Bonchev–Trinajstić information content (AvgIpc) is 2.66. The highest BCUT2D eigenvalue weighted by Gasteiger charge is 2.13. The Morgan fingerprint density at radius 3 is 2.06 bits per heavy atom. The number of hydrogen-bond acceptors (Lipinski definition) is 7. The van der Waals surface area contributed by atoms with Crippen molar-refractivity contribution in [1.82, 2.24) is 9.56 Å². The SMILES string of the molecule is CCN(CC)c1nc(=[N+](C)C)ss1.O=S(=O)([O-])O. The van der Waals surface area contributed by atoms with Gasteiger partial charge in [-0.2, -0.15) is 0 Å². The van der Waals surface area contributed by atoms with Crippen LogP contribution in [0.3, 0.4) is 0 Å². The minimum absolute atomic E-state index is 1.03. The van der Waals surface area contributed by atoms with E-state index in [1.807, 2.05) is 18.7 Å². The molecule has 0 amide bonds.